The minimum Gasteiger partial charge on any atom is -0.472 e. The summed E-state index contributed by atoms with van der Waals surface area (Å²) in [5.41, 5.74) is -1.73. The first-order valence-electron chi connectivity index (χ1n) is 5.00. The van der Waals surface area contributed by atoms with Crippen molar-refractivity contribution in [3.05, 3.63) is 60.8 Å². The van der Waals surface area contributed by atoms with E-state index in [2.05, 4.69) is 4.98 Å². The van der Waals surface area contributed by atoms with Gasteiger partial charge < -0.3 is 9.40 Å². The predicted molar refractivity (Wildman–Crippen MR) is 60.5 cm³/mol. The molecule has 0 radical (unpaired) electrons. The van der Waals surface area contributed by atoms with E-state index in [1.165, 1.54) is 19.5 Å². The standard InChI is InChI=1S/C10H9N3O5/c1-6-8(13(16)17)9(14)12(10(15)11-6)4-7-2-3-18-5-7/h2-3,5H,4H2,1H3,(H,11,15). The molecule has 0 aliphatic carbocycles. The van der Waals surface area contributed by atoms with E-state index in [1.807, 2.05) is 0 Å². The van der Waals surface area contributed by atoms with Crippen LogP contribution in [0.15, 0.2) is 32.6 Å². The largest absolute Gasteiger partial charge is 0.472 e. The molecule has 1 N–H and O–H groups in total. The normalized spacial score (nSPS) is 10.5. The molecular formula is C10H9N3O5. The van der Waals surface area contributed by atoms with Crippen molar-refractivity contribution >= 4 is 5.69 Å². The molecule has 0 fully saturated rings. The first-order chi connectivity index (χ1) is 8.50. The first-order valence-corrected chi connectivity index (χ1v) is 5.00. The van der Waals surface area contributed by atoms with Gasteiger partial charge in [0.2, 0.25) is 0 Å². The van der Waals surface area contributed by atoms with Crippen molar-refractivity contribution in [1.82, 2.24) is 9.55 Å². The van der Waals surface area contributed by atoms with E-state index in [0.717, 1.165) is 4.57 Å². The molecule has 2 rings (SSSR count). The summed E-state index contributed by atoms with van der Waals surface area (Å²) >= 11 is 0. The monoisotopic (exact) mass is 251 g/mol. The minimum absolute atomic E-state index is 0.0570. The SMILES string of the molecule is Cc1[nH]c(=O)n(Cc2ccoc2)c(=O)c1[N+](=O)[O-]. The molecule has 2 aromatic rings. The minimum atomic E-state index is -0.928. The molecule has 0 amide bonds. The Morgan fingerprint density at radius 3 is 2.78 bits per heavy atom. The number of nitrogens with zero attached hydrogens (tertiary/aromatic N) is 2. The summed E-state index contributed by atoms with van der Waals surface area (Å²) in [4.78, 5) is 35.7. The molecule has 0 bridgehead atoms. The van der Waals surface area contributed by atoms with E-state index < -0.39 is 21.9 Å². The Labute approximate surface area is 99.6 Å². The molecule has 94 valence electrons. The van der Waals surface area contributed by atoms with Gasteiger partial charge in [0.1, 0.15) is 5.69 Å². The van der Waals surface area contributed by atoms with E-state index in [1.54, 1.807) is 6.07 Å². The third-order valence-electron chi connectivity index (χ3n) is 2.45. The molecule has 18 heavy (non-hydrogen) atoms. The number of H-pyrrole nitrogens is 1. The van der Waals surface area contributed by atoms with Gasteiger partial charge in [-0.2, -0.15) is 0 Å². The van der Waals surface area contributed by atoms with Crippen LogP contribution in [-0.4, -0.2) is 14.5 Å². The number of hydrogen-bond donors (Lipinski definition) is 1. The van der Waals surface area contributed by atoms with Crippen molar-refractivity contribution in [2.45, 2.75) is 13.5 Å². The van der Waals surface area contributed by atoms with Crippen molar-refractivity contribution in [2.75, 3.05) is 0 Å². The molecule has 0 aliphatic heterocycles. The average molecular weight is 251 g/mol. The van der Waals surface area contributed by atoms with Crippen molar-refractivity contribution < 1.29 is 9.34 Å². The second-order valence-electron chi connectivity index (χ2n) is 3.68. The van der Waals surface area contributed by atoms with Gasteiger partial charge in [0.05, 0.1) is 24.0 Å². The third kappa shape index (κ3) is 1.95. The van der Waals surface area contributed by atoms with Gasteiger partial charge in [-0.15, -0.1) is 0 Å². The van der Waals surface area contributed by atoms with Gasteiger partial charge in [-0.1, -0.05) is 0 Å². The van der Waals surface area contributed by atoms with E-state index in [0.29, 0.717) is 5.56 Å². The molecule has 8 nitrogen and oxygen atoms in total. The van der Waals surface area contributed by atoms with Crippen LogP contribution in [0.2, 0.25) is 0 Å². The molecule has 2 heterocycles. The second kappa shape index (κ2) is 4.32. The highest BCUT2D eigenvalue weighted by atomic mass is 16.6. The smallest absolute Gasteiger partial charge is 0.353 e. The van der Waals surface area contributed by atoms with E-state index >= 15 is 0 Å². The molecule has 0 unspecified atom stereocenters. The summed E-state index contributed by atoms with van der Waals surface area (Å²) < 4.78 is 5.57. The Morgan fingerprint density at radius 2 is 2.22 bits per heavy atom. The summed E-state index contributed by atoms with van der Waals surface area (Å²) in [6.07, 6.45) is 2.74. The van der Waals surface area contributed by atoms with Gasteiger partial charge in [0.15, 0.2) is 0 Å². The van der Waals surface area contributed by atoms with Gasteiger partial charge in [0, 0.05) is 5.56 Å². The highest BCUT2D eigenvalue weighted by Gasteiger charge is 2.21. The molecule has 0 atom stereocenters. The Hall–Kier alpha value is -2.64. The lowest BCUT2D eigenvalue weighted by Gasteiger charge is -2.03. The molecule has 0 aromatic carbocycles. The van der Waals surface area contributed by atoms with Crippen LogP contribution in [0.1, 0.15) is 11.3 Å². The number of furan rings is 1. The summed E-state index contributed by atoms with van der Waals surface area (Å²) in [6, 6.07) is 1.57. The lowest BCUT2D eigenvalue weighted by atomic mass is 10.3. The summed E-state index contributed by atoms with van der Waals surface area (Å²) in [5.74, 6) is 0. The van der Waals surface area contributed by atoms with Gasteiger partial charge in [0.25, 0.3) is 0 Å². The van der Waals surface area contributed by atoms with Crippen molar-refractivity contribution in [2.24, 2.45) is 0 Å². The maximum absolute atomic E-state index is 11.8. The number of aromatic amines is 1. The van der Waals surface area contributed by atoms with E-state index in [-0.39, 0.29) is 12.2 Å². The highest BCUT2D eigenvalue weighted by Crippen LogP contribution is 2.07. The summed E-state index contributed by atoms with van der Waals surface area (Å²) in [6.45, 7) is 1.23. The fourth-order valence-corrected chi connectivity index (χ4v) is 1.59. The molecule has 8 heteroatoms. The summed E-state index contributed by atoms with van der Waals surface area (Å²) in [7, 11) is 0. The third-order valence-corrected chi connectivity index (χ3v) is 2.45. The van der Waals surface area contributed by atoms with Gasteiger partial charge in [-0.3, -0.25) is 14.9 Å². The second-order valence-corrected chi connectivity index (χ2v) is 3.68. The van der Waals surface area contributed by atoms with Crippen LogP contribution in [0.3, 0.4) is 0 Å². The zero-order chi connectivity index (χ0) is 13.3. The first kappa shape index (κ1) is 11.8. The molecule has 2 aromatic heterocycles. The molecule has 0 saturated heterocycles. The van der Waals surface area contributed by atoms with Crippen LogP contribution in [0, 0.1) is 17.0 Å². The fraction of sp³-hybridized carbons (Fsp3) is 0.200. The zero-order valence-electron chi connectivity index (χ0n) is 9.37. The van der Waals surface area contributed by atoms with Crippen LogP contribution < -0.4 is 11.2 Å². The van der Waals surface area contributed by atoms with Crippen LogP contribution >= 0.6 is 0 Å². The van der Waals surface area contributed by atoms with E-state index in [9.17, 15) is 19.7 Å². The van der Waals surface area contributed by atoms with Gasteiger partial charge in [-0.25, -0.2) is 9.36 Å². The van der Waals surface area contributed by atoms with Gasteiger partial charge in [-0.05, 0) is 13.0 Å². The fourth-order valence-electron chi connectivity index (χ4n) is 1.59. The van der Waals surface area contributed by atoms with Crippen molar-refractivity contribution in [1.29, 1.82) is 0 Å². The van der Waals surface area contributed by atoms with Crippen molar-refractivity contribution in [3.8, 4) is 0 Å². The Bertz CT molecular complexity index is 695. The summed E-state index contributed by atoms with van der Waals surface area (Å²) in [5, 5.41) is 10.8. The lowest BCUT2D eigenvalue weighted by molar-refractivity contribution is -0.387. The Kier molecular flexibility index (Phi) is 2.84. The number of rotatable bonds is 3. The topological polar surface area (TPSA) is 111 Å². The Balaban J connectivity index is 2.61. The van der Waals surface area contributed by atoms with Crippen LogP contribution in [0.4, 0.5) is 5.69 Å². The highest BCUT2D eigenvalue weighted by molar-refractivity contribution is 5.31. The predicted octanol–water partition coefficient (Wildman–Crippen LogP) is 0.395. The molecule has 0 aliphatic rings. The molecule has 0 saturated carbocycles. The maximum Gasteiger partial charge on any atom is 0.353 e. The lowest BCUT2D eigenvalue weighted by Crippen LogP contribution is -2.37. The van der Waals surface area contributed by atoms with Crippen LogP contribution in [0.25, 0.3) is 0 Å². The molecule has 0 spiro atoms. The number of aromatic nitrogens is 2. The van der Waals surface area contributed by atoms with Gasteiger partial charge >= 0.3 is 16.9 Å². The zero-order valence-corrected chi connectivity index (χ0v) is 9.37. The van der Waals surface area contributed by atoms with E-state index in [4.69, 9.17) is 4.42 Å². The average Bonchev–Trinajstić information content (AvgIpc) is 2.75. The van der Waals surface area contributed by atoms with Crippen molar-refractivity contribution in [3.63, 3.8) is 0 Å². The maximum atomic E-state index is 11.8. The number of hydrogen-bond acceptors (Lipinski definition) is 5. The van der Waals surface area contributed by atoms with Crippen LogP contribution in [-0.2, 0) is 6.54 Å². The quantitative estimate of drug-likeness (QED) is 0.626. The molecular weight excluding hydrogens is 242 g/mol. The van der Waals surface area contributed by atoms with Crippen LogP contribution in [0.5, 0.6) is 0 Å². The number of aryl methyl sites for hydroxylation is 1. The number of nitrogens with one attached hydrogen (secondary N) is 1. The Morgan fingerprint density at radius 1 is 1.50 bits per heavy atom. The number of nitro groups is 1.